The van der Waals surface area contributed by atoms with Gasteiger partial charge >= 0.3 is 5.97 Å². The second kappa shape index (κ2) is 5.47. The Labute approximate surface area is 119 Å². The molecule has 0 atom stereocenters. The van der Waals surface area contributed by atoms with Crippen LogP contribution in [-0.2, 0) is 0 Å². The van der Waals surface area contributed by atoms with E-state index in [2.05, 4.69) is 4.98 Å². The molecule has 0 unspecified atom stereocenters. The molecule has 2 aromatic rings. The smallest absolute Gasteiger partial charge is 0.356 e. The average Bonchev–Trinajstić information content (AvgIpc) is 2.36. The molecule has 2 rings (SSSR count). The summed E-state index contributed by atoms with van der Waals surface area (Å²) >= 11 is 11.7. The van der Waals surface area contributed by atoms with Crippen LogP contribution >= 0.6 is 23.2 Å². The van der Waals surface area contributed by atoms with Gasteiger partial charge in [0.1, 0.15) is 5.75 Å². The minimum absolute atomic E-state index is 0.0511. The number of hydrogen-bond acceptors (Lipinski definition) is 3. The first-order valence-corrected chi connectivity index (χ1v) is 6.07. The summed E-state index contributed by atoms with van der Waals surface area (Å²) in [4.78, 5) is 14.7. The zero-order valence-electron chi connectivity index (χ0n) is 9.85. The van der Waals surface area contributed by atoms with Gasteiger partial charge in [-0.2, -0.15) is 0 Å². The second-order valence-electron chi connectivity index (χ2n) is 3.82. The highest BCUT2D eigenvalue weighted by Crippen LogP contribution is 2.30. The lowest BCUT2D eigenvalue weighted by Gasteiger charge is -2.08. The maximum Gasteiger partial charge on any atom is 0.356 e. The molecule has 0 fully saturated rings. The van der Waals surface area contributed by atoms with Gasteiger partial charge in [0.2, 0.25) is 5.88 Å². The Kier molecular flexibility index (Phi) is 3.93. The zero-order chi connectivity index (χ0) is 14.0. The van der Waals surface area contributed by atoms with Crippen LogP contribution in [0.25, 0.3) is 0 Å². The first-order chi connectivity index (χ1) is 8.97. The Hall–Kier alpha value is -1.78. The number of nitrogens with zero attached hydrogens (tertiary/aromatic N) is 1. The van der Waals surface area contributed by atoms with Crippen molar-refractivity contribution in [3.63, 3.8) is 0 Å². The number of carboxylic acids is 1. The molecule has 0 saturated carbocycles. The van der Waals surface area contributed by atoms with Crippen molar-refractivity contribution < 1.29 is 14.6 Å². The largest absolute Gasteiger partial charge is 0.476 e. The molecule has 1 aromatic heterocycles. The van der Waals surface area contributed by atoms with E-state index in [4.69, 9.17) is 33.0 Å². The molecule has 0 aliphatic rings. The molecule has 1 heterocycles. The number of aryl methyl sites for hydroxylation is 1. The molecule has 98 valence electrons. The Balaban J connectivity index is 2.36. The van der Waals surface area contributed by atoms with Gasteiger partial charge in [0, 0.05) is 6.07 Å². The molecule has 0 amide bonds. The van der Waals surface area contributed by atoms with Gasteiger partial charge in [-0.3, -0.25) is 0 Å². The number of carbonyl (C=O) groups is 1. The molecular weight excluding hydrogens is 289 g/mol. The summed E-state index contributed by atoms with van der Waals surface area (Å²) in [5, 5.41) is 9.39. The van der Waals surface area contributed by atoms with E-state index < -0.39 is 5.97 Å². The van der Waals surface area contributed by atoms with Crippen molar-refractivity contribution in [1.29, 1.82) is 0 Å². The van der Waals surface area contributed by atoms with Gasteiger partial charge < -0.3 is 9.84 Å². The van der Waals surface area contributed by atoms with E-state index in [0.29, 0.717) is 10.8 Å². The van der Waals surface area contributed by atoms with Crippen molar-refractivity contribution in [2.24, 2.45) is 0 Å². The van der Waals surface area contributed by atoms with Gasteiger partial charge in [-0.1, -0.05) is 29.3 Å². The highest BCUT2D eigenvalue weighted by Gasteiger charge is 2.13. The number of carboxylic acid groups (broad SMARTS) is 1. The average molecular weight is 298 g/mol. The van der Waals surface area contributed by atoms with Crippen molar-refractivity contribution >= 4 is 29.2 Å². The van der Waals surface area contributed by atoms with Crippen molar-refractivity contribution in [2.75, 3.05) is 0 Å². The minimum Gasteiger partial charge on any atom is -0.476 e. The fraction of sp³-hybridized carbons (Fsp3) is 0.0769. The van der Waals surface area contributed by atoms with Gasteiger partial charge in [-0.25, -0.2) is 9.78 Å². The Morgan fingerprint density at radius 3 is 2.58 bits per heavy atom. The first-order valence-electron chi connectivity index (χ1n) is 5.31. The van der Waals surface area contributed by atoms with Crippen molar-refractivity contribution in [3.8, 4) is 11.6 Å². The highest BCUT2D eigenvalue weighted by atomic mass is 35.5. The molecule has 0 aliphatic carbocycles. The minimum atomic E-state index is -1.22. The van der Waals surface area contributed by atoms with Gasteiger partial charge in [0.15, 0.2) is 5.69 Å². The number of benzene rings is 1. The van der Waals surface area contributed by atoms with Crippen LogP contribution in [0.15, 0.2) is 30.3 Å². The maximum absolute atomic E-state index is 10.9. The third-order valence-electron chi connectivity index (χ3n) is 2.32. The highest BCUT2D eigenvalue weighted by molar-refractivity contribution is 6.33. The monoisotopic (exact) mass is 297 g/mol. The Bertz CT molecular complexity index is 644. The Morgan fingerprint density at radius 2 is 1.89 bits per heavy atom. The third kappa shape index (κ3) is 3.16. The molecule has 0 spiro atoms. The van der Waals surface area contributed by atoms with Gasteiger partial charge in [-0.05, 0) is 30.7 Å². The van der Waals surface area contributed by atoms with E-state index in [9.17, 15) is 4.79 Å². The number of aromatic nitrogens is 1. The van der Waals surface area contributed by atoms with Gasteiger partial charge in [0.05, 0.1) is 10.0 Å². The SMILES string of the molecule is Cc1ccc(Cl)c(Oc2ccc(Cl)c(C(=O)O)n2)c1. The molecule has 0 bridgehead atoms. The number of ether oxygens (including phenoxy) is 1. The quantitative estimate of drug-likeness (QED) is 0.923. The predicted octanol–water partition coefficient (Wildman–Crippen LogP) is 4.19. The standard InChI is InChI=1S/C13H9Cl2NO3/c1-7-2-3-8(14)10(6-7)19-11-5-4-9(15)12(16-11)13(17)18/h2-6H,1H3,(H,17,18). The van der Waals surface area contributed by atoms with Crippen molar-refractivity contribution in [3.05, 3.63) is 51.6 Å². The lowest BCUT2D eigenvalue weighted by molar-refractivity contribution is 0.0690. The van der Waals surface area contributed by atoms with Crippen LogP contribution in [-0.4, -0.2) is 16.1 Å². The summed E-state index contributed by atoms with van der Waals surface area (Å²) in [6.07, 6.45) is 0. The van der Waals surface area contributed by atoms with Crippen LogP contribution in [0.5, 0.6) is 11.6 Å². The maximum atomic E-state index is 10.9. The number of aromatic carboxylic acids is 1. The zero-order valence-corrected chi connectivity index (χ0v) is 11.4. The van der Waals surface area contributed by atoms with Crippen LogP contribution in [0, 0.1) is 6.92 Å². The summed E-state index contributed by atoms with van der Waals surface area (Å²) < 4.78 is 5.47. The van der Waals surface area contributed by atoms with E-state index in [0.717, 1.165) is 5.56 Å². The van der Waals surface area contributed by atoms with Crippen LogP contribution in [0.4, 0.5) is 0 Å². The molecule has 19 heavy (non-hydrogen) atoms. The number of halogens is 2. The third-order valence-corrected chi connectivity index (χ3v) is 2.94. The summed E-state index contributed by atoms with van der Waals surface area (Å²) in [7, 11) is 0. The fourth-order valence-corrected chi connectivity index (χ4v) is 1.77. The molecule has 0 radical (unpaired) electrons. The fourth-order valence-electron chi connectivity index (χ4n) is 1.43. The van der Waals surface area contributed by atoms with Gasteiger partial charge in [-0.15, -0.1) is 0 Å². The molecule has 0 aliphatic heterocycles. The van der Waals surface area contributed by atoms with E-state index in [1.165, 1.54) is 12.1 Å². The molecule has 6 heteroatoms. The number of hydrogen-bond donors (Lipinski definition) is 1. The lowest BCUT2D eigenvalue weighted by Crippen LogP contribution is -2.02. The molecule has 1 aromatic carbocycles. The summed E-state index contributed by atoms with van der Waals surface area (Å²) in [5.74, 6) is -0.687. The molecule has 4 nitrogen and oxygen atoms in total. The van der Waals surface area contributed by atoms with Crippen LogP contribution in [0.1, 0.15) is 16.1 Å². The van der Waals surface area contributed by atoms with Crippen LogP contribution in [0.2, 0.25) is 10.0 Å². The van der Waals surface area contributed by atoms with E-state index in [1.807, 2.05) is 13.0 Å². The lowest BCUT2D eigenvalue weighted by atomic mass is 10.2. The second-order valence-corrected chi connectivity index (χ2v) is 4.64. The van der Waals surface area contributed by atoms with Crippen LogP contribution < -0.4 is 4.74 Å². The number of rotatable bonds is 3. The summed E-state index contributed by atoms with van der Waals surface area (Å²) in [6, 6.07) is 8.16. The predicted molar refractivity (Wildman–Crippen MR) is 72.5 cm³/mol. The first kappa shape index (κ1) is 13.6. The van der Waals surface area contributed by atoms with Crippen molar-refractivity contribution in [1.82, 2.24) is 4.98 Å². The topological polar surface area (TPSA) is 59.4 Å². The normalized spacial score (nSPS) is 10.3. The molecule has 1 N–H and O–H groups in total. The summed E-state index contributed by atoms with van der Waals surface area (Å²) in [5.41, 5.74) is 0.703. The number of pyridine rings is 1. The van der Waals surface area contributed by atoms with Crippen LogP contribution in [0.3, 0.4) is 0 Å². The molecular formula is C13H9Cl2NO3. The molecule has 0 saturated heterocycles. The van der Waals surface area contributed by atoms with E-state index >= 15 is 0 Å². The van der Waals surface area contributed by atoms with Crippen molar-refractivity contribution in [2.45, 2.75) is 6.92 Å². The Morgan fingerprint density at radius 1 is 1.21 bits per heavy atom. The van der Waals surface area contributed by atoms with E-state index in [1.54, 1.807) is 12.1 Å². The van der Waals surface area contributed by atoms with E-state index in [-0.39, 0.29) is 16.6 Å². The van der Waals surface area contributed by atoms with Gasteiger partial charge in [0.25, 0.3) is 0 Å². The summed E-state index contributed by atoms with van der Waals surface area (Å²) in [6.45, 7) is 1.89.